The number of amides is 2. The first-order chi connectivity index (χ1) is 14.6. The second-order valence-corrected chi connectivity index (χ2v) is 8.83. The number of alkyl halides is 3. The number of hydrogen-bond donors (Lipinski definition) is 2. The lowest BCUT2D eigenvalue weighted by Crippen LogP contribution is -2.15. The van der Waals surface area contributed by atoms with Gasteiger partial charge in [-0.3, -0.25) is 14.9 Å². The number of aryl methyl sites for hydroxylation is 1. The van der Waals surface area contributed by atoms with Crippen molar-refractivity contribution < 1.29 is 22.8 Å². The molecule has 0 aliphatic rings. The molecule has 6 nitrogen and oxygen atoms in total. The molecule has 1 heterocycles. The molecule has 0 bridgehead atoms. The van der Waals surface area contributed by atoms with Gasteiger partial charge in [-0.05, 0) is 37.3 Å². The van der Waals surface area contributed by atoms with E-state index in [1.807, 2.05) is 13.0 Å². The minimum absolute atomic E-state index is 0.0107. The summed E-state index contributed by atoms with van der Waals surface area (Å²) < 4.78 is 38.9. The van der Waals surface area contributed by atoms with E-state index in [0.717, 1.165) is 46.9 Å². The lowest BCUT2D eigenvalue weighted by atomic mass is 10.1. The Labute approximate surface area is 188 Å². The summed E-state index contributed by atoms with van der Waals surface area (Å²) in [4.78, 5) is 24.4. The number of carbonyl (C=O) groups is 2. The molecule has 0 saturated carbocycles. The Bertz CT molecular complexity index is 1120. The van der Waals surface area contributed by atoms with Gasteiger partial charge in [-0.15, -0.1) is 10.2 Å². The average molecular weight is 487 g/mol. The fourth-order valence-electron chi connectivity index (χ4n) is 2.39. The van der Waals surface area contributed by atoms with Crippen LogP contribution in [0.25, 0.3) is 0 Å². The molecule has 2 aromatic carbocycles. The number of halogens is 4. The van der Waals surface area contributed by atoms with E-state index < -0.39 is 17.6 Å². The van der Waals surface area contributed by atoms with E-state index >= 15 is 0 Å². The normalized spacial score (nSPS) is 11.3. The van der Waals surface area contributed by atoms with E-state index in [0.29, 0.717) is 9.90 Å². The van der Waals surface area contributed by atoms with Crippen LogP contribution in [0.4, 0.5) is 24.0 Å². The van der Waals surface area contributed by atoms with Crippen LogP contribution >= 0.6 is 34.7 Å². The van der Waals surface area contributed by atoms with Crippen LogP contribution in [0.3, 0.4) is 0 Å². The Morgan fingerprint density at radius 3 is 2.61 bits per heavy atom. The molecular formula is C19H14ClF3N4O2S2. The van der Waals surface area contributed by atoms with Gasteiger partial charge < -0.3 is 5.32 Å². The van der Waals surface area contributed by atoms with E-state index in [1.54, 1.807) is 18.2 Å². The number of nitrogens with zero attached hydrogens (tertiary/aromatic N) is 2. The molecule has 3 rings (SSSR count). The summed E-state index contributed by atoms with van der Waals surface area (Å²) in [5, 5.41) is 13.0. The van der Waals surface area contributed by atoms with Gasteiger partial charge in [-0.25, -0.2) is 0 Å². The molecule has 12 heteroatoms. The molecule has 31 heavy (non-hydrogen) atoms. The summed E-state index contributed by atoms with van der Waals surface area (Å²) in [6.07, 6.45) is -4.55. The van der Waals surface area contributed by atoms with Crippen molar-refractivity contribution in [2.75, 3.05) is 16.4 Å². The topological polar surface area (TPSA) is 84.0 Å². The van der Waals surface area contributed by atoms with Crippen LogP contribution in [0.15, 0.2) is 46.8 Å². The fourth-order valence-corrected chi connectivity index (χ4v) is 4.10. The van der Waals surface area contributed by atoms with Crippen molar-refractivity contribution in [3.63, 3.8) is 0 Å². The molecule has 0 aliphatic heterocycles. The second kappa shape index (κ2) is 9.67. The van der Waals surface area contributed by atoms with Gasteiger partial charge in [-0.1, -0.05) is 52.4 Å². The van der Waals surface area contributed by atoms with E-state index in [-0.39, 0.29) is 27.5 Å². The summed E-state index contributed by atoms with van der Waals surface area (Å²) in [6.45, 7) is 1.87. The summed E-state index contributed by atoms with van der Waals surface area (Å²) in [6, 6.07) is 9.71. The number of carbonyl (C=O) groups excluding carboxylic acids is 2. The van der Waals surface area contributed by atoms with Gasteiger partial charge in [0.25, 0.3) is 5.91 Å². The number of nitrogens with one attached hydrogen (secondary N) is 2. The predicted octanol–water partition coefficient (Wildman–Crippen LogP) is 5.50. The number of aromatic nitrogens is 2. The highest BCUT2D eigenvalue weighted by molar-refractivity contribution is 8.01. The van der Waals surface area contributed by atoms with Gasteiger partial charge in [0.1, 0.15) is 0 Å². The number of rotatable bonds is 6. The molecule has 0 unspecified atom stereocenters. The Balaban J connectivity index is 1.56. The molecule has 0 saturated heterocycles. The average Bonchev–Trinajstić information content (AvgIpc) is 3.14. The maximum absolute atomic E-state index is 12.8. The van der Waals surface area contributed by atoms with Gasteiger partial charge >= 0.3 is 6.18 Å². The maximum Gasteiger partial charge on any atom is 0.416 e. The van der Waals surface area contributed by atoms with Gasteiger partial charge in [0.2, 0.25) is 11.0 Å². The highest BCUT2D eigenvalue weighted by Crippen LogP contribution is 2.34. The van der Waals surface area contributed by atoms with Gasteiger partial charge in [0.05, 0.1) is 22.0 Å². The first-order valence-corrected chi connectivity index (χ1v) is 10.8. The summed E-state index contributed by atoms with van der Waals surface area (Å²) in [5.41, 5.74) is 0.359. The second-order valence-electron chi connectivity index (χ2n) is 6.23. The number of benzene rings is 2. The molecule has 0 radical (unpaired) electrons. The van der Waals surface area contributed by atoms with E-state index in [1.165, 1.54) is 0 Å². The van der Waals surface area contributed by atoms with Crippen molar-refractivity contribution in [1.29, 1.82) is 0 Å². The molecule has 0 aliphatic carbocycles. The van der Waals surface area contributed by atoms with Gasteiger partial charge in [0, 0.05) is 5.56 Å². The standard InChI is InChI=1S/C19H14ClF3N4O2S2/c1-10-3-2-4-11(7-10)16(29)25-17-26-27-18(31-17)30-9-15(28)24-14-8-12(19(21,22)23)5-6-13(14)20/h2-8H,9H2,1H3,(H,24,28)(H,25,26,29). The van der Waals surface area contributed by atoms with Crippen LogP contribution in [0, 0.1) is 6.92 Å². The van der Waals surface area contributed by atoms with Crippen LogP contribution in [0.5, 0.6) is 0 Å². The molecule has 162 valence electrons. The molecule has 0 fully saturated rings. The minimum Gasteiger partial charge on any atom is -0.324 e. The Kier molecular flexibility index (Phi) is 7.19. The van der Waals surface area contributed by atoms with E-state index in [9.17, 15) is 22.8 Å². The lowest BCUT2D eigenvalue weighted by Gasteiger charge is -2.11. The quantitative estimate of drug-likeness (QED) is 0.355. The van der Waals surface area contributed by atoms with E-state index in [2.05, 4.69) is 20.8 Å². The first-order valence-electron chi connectivity index (χ1n) is 8.63. The Hall–Kier alpha value is -2.63. The van der Waals surface area contributed by atoms with Crippen LogP contribution in [0.1, 0.15) is 21.5 Å². The van der Waals surface area contributed by atoms with E-state index in [4.69, 9.17) is 11.6 Å². The van der Waals surface area contributed by atoms with Crippen molar-refractivity contribution in [3.8, 4) is 0 Å². The zero-order valence-electron chi connectivity index (χ0n) is 15.8. The third-order valence-electron chi connectivity index (χ3n) is 3.80. The van der Waals surface area contributed by atoms with Crippen molar-refractivity contribution in [1.82, 2.24) is 10.2 Å². The smallest absolute Gasteiger partial charge is 0.324 e. The molecule has 2 amide bonds. The van der Waals surface area contributed by atoms with Crippen LogP contribution < -0.4 is 10.6 Å². The molecule has 0 spiro atoms. The molecule has 0 atom stereocenters. The van der Waals surface area contributed by atoms with Crippen LogP contribution in [0.2, 0.25) is 5.02 Å². The predicted molar refractivity (Wildman–Crippen MR) is 115 cm³/mol. The molecule has 3 aromatic rings. The summed E-state index contributed by atoms with van der Waals surface area (Å²) in [5.74, 6) is -1.03. The third kappa shape index (κ3) is 6.42. The van der Waals surface area contributed by atoms with Gasteiger partial charge in [-0.2, -0.15) is 13.2 Å². The highest BCUT2D eigenvalue weighted by atomic mass is 35.5. The van der Waals surface area contributed by atoms with Gasteiger partial charge in [0.15, 0.2) is 4.34 Å². The highest BCUT2D eigenvalue weighted by Gasteiger charge is 2.31. The zero-order valence-corrected chi connectivity index (χ0v) is 18.2. The first kappa shape index (κ1) is 23.0. The molecular weight excluding hydrogens is 473 g/mol. The number of anilines is 2. The molecule has 2 N–H and O–H groups in total. The minimum atomic E-state index is -4.55. The maximum atomic E-state index is 12.8. The largest absolute Gasteiger partial charge is 0.416 e. The number of thioether (sulfide) groups is 1. The summed E-state index contributed by atoms with van der Waals surface area (Å²) in [7, 11) is 0. The fraction of sp³-hybridized carbons (Fsp3) is 0.158. The van der Waals surface area contributed by atoms with Crippen molar-refractivity contribution >= 4 is 57.3 Å². The van der Waals surface area contributed by atoms with Crippen LogP contribution in [-0.4, -0.2) is 27.8 Å². The van der Waals surface area contributed by atoms with Crippen LogP contribution in [-0.2, 0) is 11.0 Å². The SMILES string of the molecule is Cc1cccc(C(=O)Nc2nnc(SCC(=O)Nc3cc(C(F)(F)F)ccc3Cl)s2)c1. The summed E-state index contributed by atoms with van der Waals surface area (Å²) >= 11 is 7.97. The zero-order chi connectivity index (χ0) is 22.6. The van der Waals surface area contributed by atoms with Crippen molar-refractivity contribution in [2.24, 2.45) is 0 Å². The number of hydrogen-bond acceptors (Lipinski definition) is 6. The Morgan fingerprint density at radius 1 is 1.13 bits per heavy atom. The Morgan fingerprint density at radius 2 is 1.90 bits per heavy atom. The van der Waals surface area contributed by atoms with Crippen molar-refractivity contribution in [2.45, 2.75) is 17.4 Å². The molecule has 1 aromatic heterocycles. The monoisotopic (exact) mass is 486 g/mol. The third-order valence-corrected chi connectivity index (χ3v) is 6.10. The lowest BCUT2D eigenvalue weighted by molar-refractivity contribution is -0.137. The van der Waals surface area contributed by atoms with Crippen molar-refractivity contribution in [3.05, 3.63) is 64.2 Å².